The molecule has 0 atom stereocenters. The van der Waals surface area contributed by atoms with Gasteiger partial charge in [0.25, 0.3) is 0 Å². The highest BCUT2D eigenvalue weighted by molar-refractivity contribution is 6.20. The molecule has 0 spiro atoms. The molecule has 0 saturated heterocycles. The lowest BCUT2D eigenvalue weighted by Gasteiger charge is -2.15. The Bertz CT molecular complexity index is 3610. The summed E-state index contributed by atoms with van der Waals surface area (Å²) in [7, 11) is 0. The maximum Gasteiger partial charge on any atom is 0.160 e. The topological polar surface area (TPSA) is 30.7 Å². The monoisotopic (exact) mass is 775 g/mol. The van der Waals surface area contributed by atoms with Gasteiger partial charge in [0.1, 0.15) is 0 Å². The van der Waals surface area contributed by atoms with Crippen LogP contribution in [-0.2, 0) is 0 Å². The summed E-state index contributed by atoms with van der Waals surface area (Å²) < 4.78 is 2.37. The van der Waals surface area contributed by atoms with Gasteiger partial charge < -0.3 is 4.57 Å². The number of hydrogen-bond donors (Lipinski definition) is 0. The maximum atomic E-state index is 5.18. The van der Waals surface area contributed by atoms with Crippen LogP contribution in [-0.4, -0.2) is 14.5 Å². The summed E-state index contributed by atoms with van der Waals surface area (Å²) in [5.41, 5.74) is 13.1. The zero-order valence-electron chi connectivity index (χ0n) is 33.2. The van der Waals surface area contributed by atoms with Crippen molar-refractivity contribution < 1.29 is 0 Å². The number of aromatic nitrogens is 3. The van der Waals surface area contributed by atoms with Crippen LogP contribution in [0.25, 0.3) is 116 Å². The fraction of sp³-hybridized carbons (Fsp3) is 0. The minimum atomic E-state index is 0.701. The largest absolute Gasteiger partial charge is 0.309 e. The molecule has 10 aromatic carbocycles. The molecule has 0 unspecified atom stereocenters. The summed E-state index contributed by atoms with van der Waals surface area (Å²) in [5.74, 6) is 0.701. The van der Waals surface area contributed by atoms with Gasteiger partial charge in [0.2, 0.25) is 0 Å². The molecule has 0 N–H and O–H groups in total. The Morgan fingerprint density at radius 2 is 0.885 bits per heavy atom. The van der Waals surface area contributed by atoms with Crippen molar-refractivity contribution in [3.05, 3.63) is 224 Å². The molecule has 2 aromatic heterocycles. The van der Waals surface area contributed by atoms with E-state index < -0.39 is 0 Å². The van der Waals surface area contributed by atoms with Crippen LogP contribution in [0.5, 0.6) is 0 Å². The van der Waals surface area contributed by atoms with Crippen LogP contribution in [0.4, 0.5) is 0 Å². The van der Waals surface area contributed by atoms with Crippen LogP contribution in [0.2, 0.25) is 0 Å². The summed E-state index contributed by atoms with van der Waals surface area (Å²) in [6, 6.07) is 80.4. The molecule has 12 aromatic rings. The van der Waals surface area contributed by atoms with E-state index in [0.717, 1.165) is 39.3 Å². The summed E-state index contributed by atoms with van der Waals surface area (Å²) in [5, 5.41) is 10.0. The molecule has 61 heavy (non-hydrogen) atoms. The Morgan fingerprint density at radius 1 is 0.311 bits per heavy atom. The molecule has 0 aliphatic heterocycles. The molecule has 12 rings (SSSR count). The van der Waals surface area contributed by atoms with Crippen LogP contribution in [0, 0.1) is 0 Å². The SMILES string of the molecule is c1ccc(-c2nc(-c3ccc(-c4c5ccccc5cc5c4ccc4ccccc45)cc3)cc(-c3ccc(-c4cccc5c4c4ccccc4n5-c4ccccc4)cc3)n2)cc1. The molecule has 0 aliphatic carbocycles. The molecule has 2 heterocycles. The highest BCUT2D eigenvalue weighted by Crippen LogP contribution is 2.41. The molecule has 3 nitrogen and oxygen atoms in total. The van der Waals surface area contributed by atoms with Crippen molar-refractivity contribution in [3.63, 3.8) is 0 Å². The van der Waals surface area contributed by atoms with Crippen molar-refractivity contribution in [1.29, 1.82) is 0 Å². The zero-order valence-corrected chi connectivity index (χ0v) is 33.2. The second-order valence-electron chi connectivity index (χ2n) is 15.7. The number of benzene rings is 10. The van der Waals surface area contributed by atoms with E-state index in [1.165, 1.54) is 70.8 Å². The second-order valence-corrected chi connectivity index (χ2v) is 15.7. The molecule has 0 radical (unpaired) electrons. The first-order valence-corrected chi connectivity index (χ1v) is 20.8. The Balaban J connectivity index is 0.960. The summed E-state index contributed by atoms with van der Waals surface area (Å²) >= 11 is 0. The number of fused-ring (bicyclic) bond motifs is 7. The molecule has 0 amide bonds. The van der Waals surface area contributed by atoms with Gasteiger partial charge in [-0.25, -0.2) is 9.97 Å². The molecular formula is C58H37N3. The number of hydrogen-bond acceptors (Lipinski definition) is 2. The lowest BCUT2D eigenvalue weighted by molar-refractivity contribution is 1.18. The van der Waals surface area contributed by atoms with E-state index in [1.807, 2.05) is 18.2 Å². The molecule has 0 bridgehead atoms. The van der Waals surface area contributed by atoms with Crippen LogP contribution in [0.15, 0.2) is 224 Å². The van der Waals surface area contributed by atoms with Crippen molar-refractivity contribution in [1.82, 2.24) is 14.5 Å². The highest BCUT2D eigenvalue weighted by atomic mass is 15.0. The normalized spacial score (nSPS) is 11.6. The van der Waals surface area contributed by atoms with Gasteiger partial charge in [-0.3, -0.25) is 0 Å². The van der Waals surface area contributed by atoms with Crippen LogP contribution in [0.1, 0.15) is 0 Å². The van der Waals surface area contributed by atoms with E-state index in [2.05, 4.69) is 211 Å². The smallest absolute Gasteiger partial charge is 0.160 e. The number of rotatable bonds is 6. The summed E-state index contributed by atoms with van der Waals surface area (Å²) in [4.78, 5) is 10.4. The average Bonchev–Trinajstić information content (AvgIpc) is 3.68. The van der Waals surface area contributed by atoms with Crippen molar-refractivity contribution in [2.75, 3.05) is 0 Å². The molecule has 284 valence electrons. The van der Waals surface area contributed by atoms with Crippen molar-refractivity contribution in [2.24, 2.45) is 0 Å². The van der Waals surface area contributed by atoms with Gasteiger partial charge in [0.15, 0.2) is 5.82 Å². The Morgan fingerprint density at radius 3 is 1.62 bits per heavy atom. The van der Waals surface area contributed by atoms with Crippen molar-refractivity contribution in [2.45, 2.75) is 0 Å². The third-order valence-electron chi connectivity index (χ3n) is 12.2. The molecular weight excluding hydrogens is 739 g/mol. The first-order chi connectivity index (χ1) is 30.2. The van der Waals surface area contributed by atoms with E-state index in [1.54, 1.807) is 0 Å². The quantitative estimate of drug-likeness (QED) is 0.124. The first kappa shape index (κ1) is 34.9. The van der Waals surface area contributed by atoms with E-state index in [-0.39, 0.29) is 0 Å². The van der Waals surface area contributed by atoms with Crippen LogP contribution in [0.3, 0.4) is 0 Å². The Kier molecular flexibility index (Phi) is 8.17. The van der Waals surface area contributed by atoms with Gasteiger partial charge in [-0.05, 0) is 91.0 Å². The van der Waals surface area contributed by atoms with Gasteiger partial charge in [0, 0.05) is 33.2 Å². The second kappa shape index (κ2) is 14.3. The Hall–Kier alpha value is -8.14. The minimum Gasteiger partial charge on any atom is -0.309 e. The van der Waals surface area contributed by atoms with E-state index >= 15 is 0 Å². The standard InChI is InChI=1S/C58H37N3/c1-3-15-43(16-4-1)58-59-52(40-28-26-39(27-29-40)47-23-13-25-55-57(47)50-22-11-12-24-54(50)61(55)45-18-5-2-6-19-45)37-53(60-58)41-30-32-42(33-31-41)56-48-21-10-8-17-44(48)36-51-46-20-9-7-14-38(46)34-35-49(51)56/h1-37H. The highest BCUT2D eigenvalue weighted by Gasteiger charge is 2.18. The first-order valence-electron chi connectivity index (χ1n) is 20.8. The van der Waals surface area contributed by atoms with Gasteiger partial charge in [-0.2, -0.15) is 0 Å². The fourth-order valence-electron chi connectivity index (χ4n) is 9.33. The Labute approximate surface area is 353 Å². The van der Waals surface area contributed by atoms with Gasteiger partial charge >= 0.3 is 0 Å². The van der Waals surface area contributed by atoms with E-state index in [4.69, 9.17) is 9.97 Å². The number of para-hydroxylation sites is 2. The third kappa shape index (κ3) is 5.90. The summed E-state index contributed by atoms with van der Waals surface area (Å²) in [6.07, 6.45) is 0. The predicted molar refractivity (Wildman–Crippen MR) is 256 cm³/mol. The minimum absolute atomic E-state index is 0.701. The van der Waals surface area contributed by atoms with Crippen LogP contribution >= 0.6 is 0 Å². The van der Waals surface area contributed by atoms with Crippen molar-refractivity contribution in [3.8, 4) is 61.8 Å². The molecule has 3 heteroatoms. The maximum absolute atomic E-state index is 5.18. The zero-order chi connectivity index (χ0) is 40.3. The van der Waals surface area contributed by atoms with Gasteiger partial charge in [-0.1, -0.05) is 188 Å². The van der Waals surface area contributed by atoms with E-state index in [0.29, 0.717) is 5.82 Å². The van der Waals surface area contributed by atoms with Gasteiger partial charge in [-0.15, -0.1) is 0 Å². The van der Waals surface area contributed by atoms with E-state index in [9.17, 15) is 0 Å². The molecule has 0 aliphatic rings. The lowest BCUT2D eigenvalue weighted by atomic mass is 9.89. The fourth-order valence-corrected chi connectivity index (χ4v) is 9.33. The average molecular weight is 776 g/mol. The number of nitrogens with zero attached hydrogens (tertiary/aromatic N) is 3. The predicted octanol–water partition coefficient (Wildman–Crippen LogP) is 15.4. The lowest BCUT2D eigenvalue weighted by Crippen LogP contribution is -1.96. The molecule has 0 saturated carbocycles. The summed E-state index contributed by atoms with van der Waals surface area (Å²) in [6.45, 7) is 0. The van der Waals surface area contributed by atoms with Crippen LogP contribution < -0.4 is 0 Å². The van der Waals surface area contributed by atoms with Crippen molar-refractivity contribution >= 4 is 54.1 Å². The van der Waals surface area contributed by atoms with Gasteiger partial charge in [0.05, 0.1) is 22.4 Å². The third-order valence-corrected chi connectivity index (χ3v) is 12.2. The molecule has 0 fully saturated rings.